The molecule has 5 aromatic rings. The van der Waals surface area contributed by atoms with Gasteiger partial charge in [0.15, 0.2) is 10.9 Å². The van der Waals surface area contributed by atoms with E-state index in [9.17, 15) is 4.79 Å². The van der Waals surface area contributed by atoms with Crippen LogP contribution in [0.4, 0.5) is 5.13 Å². The molecule has 176 valence electrons. The van der Waals surface area contributed by atoms with Gasteiger partial charge in [-0.3, -0.25) is 4.79 Å². The van der Waals surface area contributed by atoms with Gasteiger partial charge in [0.25, 0.3) is 5.91 Å². The number of ether oxygens (including phenoxy) is 1. The number of benzene rings is 2. The van der Waals surface area contributed by atoms with Crippen LogP contribution in [0.2, 0.25) is 5.02 Å². The third kappa shape index (κ3) is 4.01. The van der Waals surface area contributed by atoms with E-state index >= 15 is 0 Å². The molecule has 3 aromatic heterocycles. The largest absolute Gasteiger partial charge is 0.493 e. The van der Waals surface area contributed by atoms with Gasteiger partial charge in [-0.25, -0.2) is 9.97 Å². The Kier molecular flexibility index (Phi) is 5.80. The van der Waals surface area contributed by atoms with E-state index in [0.717, 1.165) is 36.8 Å². The Morgan fingerprint density at radius 1 is 1.03 bits per heavy atom. The van der Waals surface area contributed by atoms with Crippen molar-refractivity contribution in [2.24, 2.45) is 0 Å². The first-order valence-corrected chi connectivity index (χ1v) is 13.3. The summed E-state index contributed by atoms with van der Waals surface area (Å²) >= 11 is 9.52. The number of hydrogen-bond donors (Lipinski definition) is 0. The Morgan fingerprint density at radius 3 is 2.63 bits per heavy atom. The maximum atomic E-state index is 13.7. The van der Waals surface area contributed by atoms with Crippen LogP contribution in [0.3, 0.4) is 0 Å². The van der Waals surface area contributed by atoms with Crippen LogP contribution in [0, 0.1) is 0 Å². The van der Waals surface area contributed by atoms with Crippen molar-refractivity contribution in [1.82, 2.24) is 14.9 Å². The fourth-order valence-corrected chi connectivity index (χ4v) is 6.37. The SMILES string of the molecule is COc1c(Cl)ccc2sc(N3CCN(C(=O)c4cc(-c5cccs5)nc5ccccc45)CC3)nc12. The Balaban J connectivity index is 1.26. The minimum atomic E-state index is 0.0406. The lowest BCUT2D eigenvalue weighted by Gasteiger charge is -2.34. The molecule has 0 unspecified atom stereocenters. The second kappa shape index (κ2) is 9.11. The lowest BCUT2D eigenvalue weighted by atomic mass is 10.1. The van der Waals surface area contributed by atoms with Gasteiger partial charge in [0, 0.05) is 31.6 Å². The molecule has 0 N–H and O–H groups in total. The Hall–Kier alpha value is -3.20. The fourth-order valence-electron chi connectivity index (χ4n) is 4.44. The summed E-state index contributed by atoms with van der Waals surface area (Å²) in [6, 6.07) is 17.6. The molecule has 0 atom stereocenters. The first-order valence-electron chi connectivity index (χ1n) is 11.2. The average molecular weight is 521 g/mol. The summed E-state index contributed by atoms with van der Waals surface area (Å²) in [4.78, 5) is 28.5. The number of carbonyl (C=O) groups is 1. The van der Waals surface area contributed by atoms with Crippen LogP contribution in [0.25, 0.3) is 31.7 Å². The summed E-state index contributed by atoms with van der Waals surface area (Å²) < 4.78 is 6.50. The molecule has 2 aromatic carbocycles. The van der Waals surface area contributed by atoms with Gasteiger partial charge < -0.3 is 14.5 Å². The predicted molar refractivity (Wildman–Crippen MR) is 144 cm³/mol. The Morgan fingerprint density at radius 2 is 1.86 bits per heavy atom. The van der Waals surface area contributed by atoms with Gasteiger partial charge in [-0.1, -0.05) is 47.2 Å². The average Bonchev–Trinajstić information content (AvgIpc) is 3.58. The van der Waals surface area contributed by atoms with E-state index < -0.39 is 0 Å². The molecular weight excluding hydrogens is 500 g/mol. The number of anilines is 1. The van der Waals surface area contributed by atoms with E-state index in [0.29, 0.717) is 42.5 Å². The summed E-state index contributed by atoms with van der Waals surface area (Å²) in [6.07, 6.45) is 0. The van der Waals surface area contributed by atoms with Crippen molar-refractivity contribution in [3.63, 3.8) is 0 Å². The maximum Gasteiger partial charge on any atom is 0.254 e. The van der Waals surface area contributed by atoms with Crippen molar-refractivity contribution < 1.29 is 9.53 Å². The number of hydrogen-bond acceptors (Lipinski definition) is 7. The van der Waals surface area contributed by atoms with Crippen molar-refractivity contribution in [1.29, 1.82) is 0 Å². The van der Waals surface area contributed by atoms with E-state index in [2.05, 4.69) is 4.90 Å². The van der Waals surface area contributed by atoms with Gasteiger partial charge in [0.05, 0.1) is 38.5 Å². The molecule has 0 bridgehead atoms. The summed E-state index contributed by atoms with van der Waals surface area (Å²) in [5.74, 6) is 0.644. The minimum absolute atomic E-state index is 0.0406. The molecule has 9 heteroatoms. The zero-order valence-corrected chi connectivity index (χ0v) is 21.3. The lowest BCUT2D eigenvalue weighted by molar-refractivity contribution is 0.0748. The van der Waals surface area contributed by atoms with Crippen molar-refractivity contribution in [3.05, 3.63) is 70.6 Å². The molecule has 0 aliphatic carbocycles. The van der Waals surface area contributed by atoms with Gasteiger partial charge in [-0.2, -0.15) is 0 Å². The highest BCUT2D eigenvalue weighted by atomic mass is 35.5. The van der Waals surface area contributed by atoms with E-state index in [1.165, 1.54) is 0 Å². The van der Waals surface area contributed by atoms with Crippen LogP contribution >= 0.6 is 34.3 Å². The number of methoxy groups -OCH3 is 1. The van der Waals surface area contributed by atoms with Crippen molar-refractivity contribution in [3.8, 4) is 16.3 Å². The molecule has 1 aliphatic rings. The molecule has 0 spiro atoms. The van der Waals surface area contributed by atoms with Gasteiger partial charge in [-0.15, -0.1) is 11.3 Å². The summed E-state index contributed by atoms with van der Waals surface area (Å²) in [7, 11) is 1.61. The highest BCUT2D eigenvalue weighted by molar-refractivity contribution is 7.22. The molecule has 1 amide bonds. The number of pyridine rings is 1. The standard InChI is InChI=1S/C26H21ClN4O2S2/c1-33-24-18(27)8-9-22-23(24)29-26(35-22)31-12-10-30(11-13-31)25(32)17-15-20(21-7-4-14-34-21)28-19-6-3-2-5-16(17)19/h2-9,14-15H,10-13H2,1H3. The number of rotatable bonds is 4. The number of carbonyl (C=O) groups excluding carboxylic acids is 1. The fraction of sp³-hybridized carbons (Fsp3) is 0.192. The molecule has 0 saturated carbocycles. The van der Waals surface area contributed by atoms with E-state index in [-0.39, 0.29) is 5.91 Å². The molecule has 1 saturated heterocycles. The highest BCUT2D eigenvalue weighted by Gasteiger charge is 2.26. The number of aromatic nitrogens is 2. The third-order valence-electron chi connectivity index (χ3n) is 6.22. The number of nitrogens with zero attached hydrogens (tertiary/aromatic N) is 4. The Bertz CT molecular complexity index is 1540. The smallest absolute Gasteiger partial charge is 0.254 e. The van der Waals surface area contributed by atoms with Crippen LogP contribution in [-0.4, -0.2) is 54.1 Å². The van der Waals surface area contributed by atoms with E-state index in [4.69, 9.17) is 26.3 Å². The molecule has 4 heterocycles. The number of para-hydroxylation sites is 1. The number of thiazole rings is 1. The first kappa shape index (κ1) is 22.3. The summed E-state index contributed by atoms with van der Waals surface area (Å²) in [5.41, 5.74) is 3.15. The van der Waals surface area contributed by atoms with Gasteiger partial charge >= 0.3 is 0 Å². The van der Waals surface area contributed by atoms with Gasteiger partial charge in [-0.05, 0) is 35.7 Å². The van der Waals surface area contributed by atoms with Gasteiger partial charge in [0.2, 0.25) is 0 Å². The van der Waals surface area contributed by atoms with E-state index in [1.54, 1.807) is 29.8 Å². The zero-order chi connectivity index (χ0) is 23.9. The minimum Gasteiger partial charge on any atom is -0.493 e. The van der Waals surface area contributed by atoms with Crippen LogP contribution in [0.5, 0.6) is 5.75 Å². The van der Waals surface area contributed by atoms with Crippen LogP contribution in [-0.2, 0) is 0 Å². The summed E-state index contributed by atoms with van der Waals surface area (Å²) in [5, 5.41) is 4.38. The molecule has 6 nitrogen and oxygen atoms in total. The number of thiophene rings is 1. The molecule has 1 aliphatic heterocycles. The van der Waals surface area contributed by atoms with Crippen LogP contribution in [0.1, 0.15) is 10.4 Å². The number of amides is 1. The Labute approximate surface area is 215 Å². The summed E-state index contributed by atoms with van der Waals surface area (Å²) in [6.45, 7) is 2.67. The highest BCUT2D eigenvalue weighted by Crippen LogP contribution is 2.38. The van der Waals surface area contributed by atoms with Gasteiger partial charge in [0.1, 0.15) is 5.52 Å². The molecule has 0 radical (unpaired) electrons. The quantitative estimate of drug-likeness (QED) is 0.282. The van der Waals surface area contributed by atoms with Crippen molar-refractivity contribution in [2.45, 2.75) is 0 Å². The van der Waals surface area contributed by atoms with Crippen molar-refractivity contribution in [2.75, 3.05) is 38.2 Å². The van der Waals surface area contributed by atoms with Crippen LogP contribution in [0.15, 0.2) is 60.0 Å². The molecule has 35 heavy (non-hydrogen) atoms. The first-order chi connectivity index (χ1) is 17.1. The monoisotopic (exact) mass is 520 g/mol. The number of piperazine rings is 1. The predicted octanol–water partition coefficient (Wildman–Crippen LogP) is 6.20. The molecular formula is C26H21ClN4O2S2. The second-order valence-corrected chi connectivity index (χ2v) is 10.6. The third-order valence-corrected chi connectivity index (χ3v) is 8.49. The number of fused-ring (bicyclic) bond motifs is 2. The maximum absolute atomic E-state index is 13.7. The lowest BCUT2D eigenvalue weighted by Crippen LogP contribution is -2.48. The van der Waals surface area contributed by atoms with E-state index in [1.807, 2.05) is 64.9 Å². The normalized spacial score (nSPS) is 14.1. The second-order valence-electron chi connectivity index (χ2n) is 8.25. The molecule has 6 rings (SSSR count). The van der Waals surface area contributed by atoms with Crippen LogP contribution < -0.4 is 9.64 Å². The molecule has 1 fully saturated rings. The number of halogens is 1. The zero-order valence-electron chi connectivity index (χ0n) is 18.9. The van der Waals surface area contributed by atoms with Crippen molar-refractivity contribution >= 4 is 66.4 Å². The topological polar surface area (TPSA) is 58.6 Å².